The van der Waals surface area contributed by atoms with Gasteiger partial charge in [-0.2, -0.15) is 0 Å². The first kappa shape index (κ1) is 20.0. The van der Waals surface area contributed by atoms with Gasteiger partial charge in [-0.05, 0) is 44.9 Å². The van der Waals surface area contributed by atoms with Crippen LogP contribution in [0.25, 0.3) is 0 Å². The fraction of sp³-hybridized carbons (Fsp3) is 0.889. The molecule has 1 saturated heterocycles. The molecule has 0 aromatic rings. The van der Waals surface area contributed by atoms with Crippen LogP contribution in [-0.4, -0.2) is 64.5 Å². The quantitative estimate of drug-likeness (QED) is 0.292. The highest BCUT2D eigenvalue weighted by Crippen LogP contribution is 2.28. The number of aliphatic imine (C=N–C) groups is 1. The summed E-state index contributed by atoms with van der Waals surface area (Å²) in [5.41, 5.74) is 0. The highest BCUT2D eigenvalue weighted by atomic mass is 16.5. The van der Waals surface area contributed by atoms with Crippen LogP contribution in [0.5, 0.6) is 0 Å². The minimum atomic E-state index is 0.186. The molecular weight excluding hydrogens is 320 g/mol. The largest absolute Gasteiger partial charge is 0.381 e. The van der Waals surface area contributed by atoms with Gasteiger partial charge in [0.2, 0.25) is 5.91 Å². The van der Waals surface area contributed by atoms with Gasteiger partial charge in [0.15, 0.2) is 5.96 Å². The molecule has 2 fully saturated rings. The Morgan fingerprint density at radius 3 is 2.60 bits per heavy atom. The zero-order chi connectivity index (χ0) is 17.7. The normalized spacial score (nSPS) is 18.8. The molecule has 1 heterocycles. The summed E-state index contributed by atoms with van der Waals surface area (Å²) in [7, 11) is 0. The highest BCUT2D eigenvalue weighted by molar-refractivity contribution is 5.81. The first-order chi connectivity index (χ1) is 12.3. The maximum Gasteiger partial charge on any atom is 0.223 e. The Hall–Kier alpha value is -1.34. The average Bonchev–Trinajstić information content (AvgIpc) is 3.47. The van der Waals surface area contributed by atoms with Crippen molar-refractivity contribution in [2.75, 3.05) is 52.6 Å². The number of carbonyl (C=O) groups excluding carboxylic acids is 1. The van der Waals surface area contributed by atoms with Gasteiger partial charge in [-0.25, -0.2) is 0 Å². The summed E-state index contributed by atoms with van der Waals surface area (Å²) in [5, 5.41) is 9.41. The number of hydrogen-bond donors (Lipinski definition) is 3. The molecule has 0 aromatic carbocycles. The lowest BCUT2D eigenvalue weighted by Crippen LogP contribution is -2.41. The first-order valence-electron chi connectivity index (χ1n) is 9.75. The Morgan fingerprint density at radius 2 is 1.88 bits per heavy atom. The number of ether oxygens (including phenoxy) is 2. The summed E-state index contributed by atoms with van der Waals surface area (Å²) >= 11 is 0. The molecule has 2 aliphatic rings. The van der Waals surface area contributed by atoms with Crippen LogP contribution in [0.1, 0.15) is 39.0 Å². The molecule has 25 heavy (non-hydrogen) atoms. The lowest BCUT2D eigenvalue weighted by Gasteiger charge is -2.21. The van der Waals surface area contributed by atoms with Crippen molar-refractivity contribution < 1.29 is 14.3 Å². The van der Waals surface area contributed by atoms with Crippen molar-refractivity contribution in [2.45, 2.75) is 39.0 Å². The topological polar surface area (TPSA) is 84.0 Å². The summed E-state index contributed by atoms with van der Waals surface area (Å²) in [6, 6.07) is 0. The molecule has 3 N–H and O–H groups in total. The predicted molar refractivity (Wildman–Crippen MR) is 98.7 cm³/mol. The van der Waals surface area contributed by atoms with Gasteiger partial charge in [-0.3, -0.25) is 9.79 Å². The molecule has 2 rings (SSSR count). The van der Waals surface area contributed by atoms with E-state index in [9.17, 15) is 4.79 Å². The molecule has 1 saturated carbocycles. The van der Waals surface area contributed by atoms with Crippen LogP contribution in [0.15, 0.2) is 4.99 Å². The van der Waals surface area contributed by atoms with Crippen LogP contribution in [0, 0.1) is 11.8 Å². The second kappa shape index (κ2) is 12.1. The fourth-order valence-electron chi connectivity index (χ4n) is 2.72. The lowest BCUT2D eigenvalue weighted by molar-refractivity contribution is -0.122. The molecule has 1 aliphatic carbocycles. The monoisotopic (exact) mass is 354 g/mol. The summed E-state index contributed by atoms with van der Waals surface area (Å²) < 4.78 is 11.1. The number of amides is 1. The Morgan fingerprint density at radius 1 is 1.12 bits per heavy atom. The van der Waals surface area contributed by atoms with Crippen LogP contribution >= 0.6 is 0 Å². The van der Waals surface area contributed by atoms with Gasteiger partial charge in [-0.15, -0.1) is 0 Å². The molecule has 0 unspecified atom stereocenters. The fourth-order valence-corrected chi connectivity index (χ4v) is 2.72. The number of nitrogens with one attached hydrogen (secondary N) is 3. The van der Waals surface area contributed by atoms with E-state index in [1.165, 1.54) is 0 Å². The Balaban J connectivity index is 1.49. The maximum atomic E-state index is 11.6. The molecule has 7 heteroatoms. The van der Waals surface area contributed by atoms with Crippen molar-refractivity contribution in [3.05, 3.63) is 0 Å². The number of hydrogen-bond acceptors (Lipinski definition) is 4. The van der Waals surface area contributed by atoms with E-state index in [2.05, 4.69) is 20.9 Å². The molecule has 0 aromatic heterocycles. The number of guanidine groups is 1. The Kier molecular flexibility index (Phi) is 9.66. The van der Waals surface area contributed by atoms with E-state index in [4.69, 9.17) is 9.47 Å². The summed E-state index contributed by atoms with van der Waals surface area (Å²) in [5.74, 6) is 1.91. The van der Waals surface area contributed by atoms with Crippen LogP contribution in [0.3, 0.4) is 0 Å². The van der Waals surface area contributed by atoms with E-state index in [1.807, 2.05) is 6.92 Å². The van der Waals surface area contributed by atoms with E-state index in [0.29, 0.717) is 19.0 Å². The average molecular weight is 354 g/mol. The minimum Gasteiger partial charge on any atom is -0.381 e. The highest BCUT2D eigenvalue weighted by Gasteiger charge is 2.28. The third-order valence-corrected chi connectivity index (χ3v) is 4.42. The zero-order valence-corrected chi connectivity index (χ0v) is 15.5. The first-order valence-corrected chi connectivity index (χ1v) is 9.75. The van der Waals surface area contributed by atoms with Gasteiger partial charge in [0.1, 0.15) is 0 Å². The standard InChI is InChI=1S/C18H34N4O3/c1-2-19-18(22-10-9-20-17(23)16-4-5-16)21-8-3-11-25-14-15-6-12-24-13-7-15/h15-16H,2-14H2,1H3,(H,20,23)(H2,19,21,22). The molecular formula is C18H34N4O3. The molecule has 0 spiro atoms. The Labute approximate surface area is 151 Å². The van der Waals surface area contributed by atoms with Crippen LogP contribution in [-0.2, 0) is 14.3 Å². The smallest absolute Gasteiger partial charge is 0.223 e. The van der Waals surface area contributed by atoms with Gasteiger partial charge in [0.25, 0.3) is 0 Å². The van der Waals surface area contributed by atoms with E-state index >= 15 is 0 Å². The molecule has 1 aliphatic heterocycles. The van der Waals surface area contributed by atoms with Crippen molar-refractivity contribution in [2.24, 2.45) is 16.8 Å². The summed E-state index contributed by atoms with van der Waals surface area (Å²) in [4.78, 5) is 16.1. The van der Waals surface area contributed by atoms with Crippen molar-refractivity contribution in [1.29, 1.82) is 0 Å². The molecule has 7 nitrogen and oxygen atoms in total. The minimum absolute atomic E-state index is 0.186. The number of carbonyl (C=O) groups is 1. The molecule has 1 amide bonds. The molecule has 0 radical (unpaired) electrons. The molecule has 0 atom stereocenters. The SMILES string of the molecule is CCNC(=NCCCOCC1CCOCC1)NCCNC(=O)C1CC1. The van der Waals surface area contributed by atoms with Gasteiger partial charge in [0, 0.05) is 58.5 Å². The van der Waals surface area contributed by atoms with E-state index < -0.39 is 0 Å². The second-order valence-corrected chi connectivity index (χ2v) is 6.74. The van der Waals surface area contributed by atoms with Gasteiger partial charge >= 0.3 is 0 Å². The summed E-state index contributed by atoms with van der Waals surface area (Å²) in [6.07, 6.45) is 5.23. The molecule has 0 bridgehead atoms. The Bertz CT molecular complexity index is 407. The van der Waals surface area contributed by atoms with E-state index in [1.54, 1.807) is 0 Å². The number of rotatable bonds is 11. The molecule has 144 valence electrons. The van der Waals surface area contributed by atoms with Crippen molar-refractivity contribution in [3.63, 3.8) is 0 Å². The summed E-state index contributed by atoms with van der Waals surface area (Å²) in [6.45, 7) is 8.25. The van der Waals surface area contributed by atoms with Crippen LogP contribution in [0.4, 0.5) is 0 Å². The van der Waals surface area contributed by atoms with Crippen LogP contribution < -0.4 is 16.0 Å². The van der Waals surface area contributed by atoms with Crippen molar-refractivity contribution in [3.8, 4) is 0 Å². The predicted octanol–water partition coefficient (Wildman–Crippen LogP) is 0.901. The maximum absolute atomic E-state index is 11.6. The lowest BCUT2D eigenvalue weighted by atomic mass is 10.0. The third kappa shape index (κ3) is 9.07. The van der Waals surface area contributed by atoms with Crippen LogP contribution in [0.2, 0.25) is 0 Å². The zero-order valence-electron chi connectivity index (χ0n) is 15.5. The van der Waals surface area contributed by atoms with Gasteiger partial charge in [0.05, 0.1) is 0 Å². The van der Waals surface area contributed by atoms with Crippen molar-refractivity contribution >= 4 is 11.9 Å². The van der Waals surface area contributed by atoms with Gasteiger partial charge in [-0.1, -0.05) is 0 Å². The van der Waals surface area contributed by atoms with Gasteiger partial charge < -0.3 is 25.4 Å². The van der Waals surface area contributed by atoms with E-state index in [-0.39, 0.29) is 11.8 Å². The number of nitrogens with zero attached hydrogens (tertiary/aromatic N) is 1. The van der Waals surface area contributed by atoms with E-state index in [0.717, 1.165) is 77.6 Å². The third-order valence-electron chi connectivity index (χ3n) is 4.42. The van der Waals surface area contributed by atoms with Crippen molar-refractivity contribution in [1.82, 2.24) is 16.0 Å². The second-order valence-electron chi connectivity index (χ2n) is 6.74.